The van der Waals surface area contributed by atoms with Gasteiger partial charge in [0.25, 0.3) is 0 Å². The molecule has 5 heteroatoms. The fraction of sp³-hybridized carbons (Fsp3) is 0.300. The first kappa shape index (κ1) is 18.5. The molecule has 0 aliphatic rings. The molecular formula is C20H22O5. The maximum absolute atomic E-state index is 12.0. The summed E-state index contributed by atoms with van der Waals surface area (Å²) in [7, 11) is 0. The molecule has 1 unspecified atom stereocenters. The Morgan fingerprint density at radius 3 is 2.32 bits per heavy atom. The van der Waals surface area contributed by atoms with Crippen molar-refractivity contribution in [2.45, 2.75) is 39.4 Å². The minimum absolute atomic E-state index is 0.124. The van der Waals surface area contributed by atoms with E-state index in [1.165, 1.54) is 12.1 Å². The summed E-state index contributed by atoms with van der Waals surface area (Å²) in [5, 5.41) is 0. The molecule has 0 radical (unpaired) electrons. The van der Waals surface area contributed by atoms with Crippen molar-refractivity contribution in [3.8, 4) is 5.75 Å². The first-order valence-corrected chi connectivity index (χ1v) is 8.28. The Balaban J connectivity index is 1.83. The van der Waals surface area contributed by atoms with Gasteiger partial charge in [-0.25, -0.2) is 9.59 Å². The monoisotopic (exact) mass is 342 g/mol. The third kappa shape index (κ3) is 6.30. The number of rotatable bonds is 7. The van der Waals surface area contributed by atoms with Crippen molar-refractivity contribution in [2.75, 3.05) is 0 Å². The fourth-order valence-electron chi connectivity index (χ4n) is 2.22. The first-order chi connectivity index (χ1) is 12.1. The van der Waals surface area contributed by atoms with Gasteiger partial charge in [0, 0.05) is 0 Å². The van der Waals surface area contributed by atoms with Crippen LogP contribution >= 0.6 is 0 Å². The molecule has 2 aromatic rings. The normalized spacial score (nSPS) is 11.4. The Morgan fingerprint density at radius 2 is 1.68 bits per heavy atom. The lowest BCUT2D eigenvalue weighted by atomic mass is 10.2. The zero-order valence-electron chi connectivity index (χ0n) is 14.4. The van der Waals surface area contributed by atoms with Crippen molar-refractivity contribution in [2.24, 2.45) is 0 Å². The van der Waals surface area contributed by atoms with Gasteiger partial charge >= 0.3 is 12.1 Å². The van der Waals surface area contributed by atoms with Gasteiger partial charge in [0.05, 0.1) is 11.7 Å². The molecule has 25 heavy (non-hydrogen) atoms. The van der Waals surface area contributed by atoms with Gasteiger partial charge in [0.1, 0.15) is 12.4 Å². The van der Waals surface area contributed by atoms with E-state index in [0.29, 0.717) is 11.3 Å². The number of esters is 1. The van der Waals surface area contributed by atoms with E-state index >= 15 is 0 Å². The van der Waals surface area contributed by atoms with E-state index in [4.69, 9.17) is 14.2 Å². The number of ether oxygens (including phenoxy) is 3. The molecule has 0 spiro atoms. The Bertz CT molecular complexity index is 679. The maximum Gasteiger partial charge on any atom is 0.514 e. The molecule has 0 fully saturated rings. The smallest absolute Gasteiger partial charge is 0.459 e. The number of carbonyl (C=O) groups excluding carboxylic acids is 2. The highest BCUT2D eigenvalue weighted by atomic mass is 16.7. The summed E-state index contributed by atoms with van der Waals surface area (Å²) < 4.78 is 15.4. The summed E-state index contributed by atoms with van der Waals surface area (Å²) in [4.78, 5) is 23.7. The van der Waals surface area contributed by atoms with Crippen LogP contribution in [0.15, 0.2) is 54.6 Å². The van der Waals surface area contributed by atoms with E-state index in [9.17, 15) is 9.59 Å². The molecule has 5 nitrogen and oxygen atoms in total. The molecule has 0 amide bonds. The molecule has 132 valence electrons. The fourth-order valence-corrected chi connectivity index (χ4v) is 2.22. The molecule has 2 rings (SSSR count). The third-order valence-electron chi connectivity index (χ3n) is 3.49. The quantitative estimate of drug-likeness (QED) is 0.537. The Hall–Kier alpha value is -2.82. The van der Waals surface area contributed by atoms with Crippen LogP contribution in [0.1, 0.15) is 42.6 Å². The number of carbonyl (C=O) groups is 2. The zero-order chi connectivity index (χ0) is 18.1. The van der Waals surface area contributed by atoms with Crippen molar-refractivity contribution in [3.05, 3.63) is 65.7 Å². The van der Waals surface area contributed by atoms with Gasteiger partial charge in [0.2, 0.25) is 0 Å². The highest BCUT2D eigenvalue weighted by molar-refractivity contribution is 5.89. The predicted molar refractivity (Wildman–Crippen MR) is 93.5 cm³/mol. The van der Waals surface area contributed by atoms with Crippen LogP contribution in [0.4, 0.5) is 4.79 Å². The van der Waals surface area contributed by atoms with Crippen LogP contribution < -0.4 is 4.74 Å². The second-order valence-electron chi connectivity index (χ2n) is 5.66. The minimum atomic E-state index is -0.796. The van der Waals surface area contributed by atoms with Gasteiger partial charge in [-0.2, -0.15) is 0 Å². The molecule has 0 aliphatic heterocycles. The molecule has 0 saturated heterocycles. The van der Waals surface area contributed by atoms with E-state index in [2.05, 4.69) is 0 Å². The largest absolute Gasteiger partial charge is 0.514 e. The lowest BCUT2D eigenvalue weighted by Gasteiger charge is -2.12. The third-order valence-corrected chi connectivity index (χ3v) is 3.49. The zero-order valence-corrected chi connectivity index (χ0v) is 14.4. The van der Waals surface area contributed by atoms with E-state index in [1.807, 2.05) is 44.2 Å². The highest BCUT2D eigenvalue weighted by Crippen LogP contribution is 2.15. The summed E-state index contributed by atoms with van der Waals surface area (Å²) in [6.07, 6.45) is 0.851. The second kappa shape index (κ2) is 9.47. The number of hydrogen-bond donors (Lipinski definition) is 0. The summed E-state index contributed by atoms with van der Waals surface area (Å²) in [5.74, 6) is -0.0876. The van der Waals surface area contributed by atoms with Crippen LogP contribution in [0.25, 0.3) is 0 Å². The van der Waals surface area contributed by atoms with E-state index in [-0.39, 0.29) is 18.7 Å². The SMILES string of the molecule is CCCC(C)OC(=O)c1ccc(OC(=O)OCc2ccccc2)cc1. The van der Waals surface area contributed by atoms with Gasteiger partial charge in [-0.1, -0.05) is 43.7 Å². The Kier molecular flexibility index (Phi) is 7.01. The highest BCUT2D eigenvalue weighted by Gasteiger charge is 2.12. The second-order valence-corrected chi connectivity index (χ2v) is 5.66. The van der Waals surface area contributed by atoms with Gasteiger partial charge in [-0.3, -0.25) is 0 Å². The lowest BCUT2D eigenvalue weighted by molar-refractivity contribution is 0.0323. The molecule has 0 N–H and O–H groups in total. The molecule has 0 aromatic heterocycles. The Labute approximate surface area is 147 Å². The number of benzene rings is 2. The van der Waals surface area contributed by atoms with Gasteiger partial charge in [-0.15, -0.1) is 0 Å². The van der Waals surface area contributed by atoms with Crippen molar-refractivity contribution in [1.82, 2.24) is 0 Å². The average molecular weight is 342 g/mol. The summed E-state index contributed by atoms with van der Waals surface area (Å²) in [6.45, 7) is 4.04. The topological polar surface area (TPSA) is 61.8 Å². The summed E-state index contributed by atoms with van der Waals surface area (Å²) in [6, 6.07) is 15.5. The first-order valence-electron chi connectivity index (χ1n) is 8.28. The standard InChI is InChI=1S/C20H22O5/c1-3-7-15(2)24-19(21)17-10-12-18(13-11-17)25-20(22)23-14-16-8-5-4-6-9-16/h4-6,8-13,15H,3,7,14H2,1-2H3. The van der Waals surface area contributed by atoms with Crippen LogP contribution in [0.3, 0.4) is 0 Å². The van der Waals surface area contributed by atoms with Gasteiger partial charge in [0.15, 0.2) is 0 Å². The Morgan fingerprint density at radius 1 is 1.00 bits per heavy atom. The van der Waals surface area contributed by atoms with E-state index in [0.717, 1.165) is 18.4 Å². The van der Waals surface area contributed by atoms with Crippen molar-refractivity contribution < 1.29 is 23.8 Å². The van der Waals surface area contributed by atoms with E-state index in [1.54, 1.807) is 12.1 Å². The van der Waals surface area contributed by atoms with Crippen LogP contribution in [-0.4, -0.2) is 18.2 Å². The lowest BCUT2D eigenvalue weighted by Crippen LogP contribution is -2.15. The minimum Gasteiger partial charge on any atom is -0.459 e. The molecule has 0 bridgehead atoms. The molecule has 1 atom stereocenters. The van der Waals surface area contributed by atoms with Crippen molar-refractivity contribution in [1.29, 1.82) is 0 Å². The maximum atomic E-state index is 12.0. The summed E-state index contributed by atoms with van der Waals surface area (Å²) >= 11 is 0. The van der Waals surface area contributed by atoms with Crippen LogP contribution in [0.5, 0.6) is 5.75 Å². The van der Waals surface area contributed by atoms with Gasteiger partial charge < -0.3 is 14.2 Å². The predicted octanol–water partition coefficient (Wildman–Crippen LogP) is 4.75. The van der Waals surface area contributed by atoms with Gasteiger partial charge in [-0.05, 0) is 43.2 Å². The van der Waals surface area contributed by atoms with Crippen LogP contribution in [0.2, 0.25) is 0 Å². The molecule has 2 aromatic carbocycles. The number of hydrogen-bond acceptors (Lipinski definition) is 5. The van der Waals surface area contributed by atoms with Crippen LogP contribution in [0, 0.1) is 0 Å². The average Bonchev–Trinajstić information content (AvgIpc) is 2.61. The van der Waals surface area contributed by atoms with Crippen molar-refractivity contribution in [3.63, 3.8) is 0 Å². The van der Waals surface area contributed by atoms with Crippen molar-refractivity contribution >= 4 is 12.1 Å². The molecule has 0 aliphatic carbocycles. The molecular weight excluding hydrogens is 320 g/mol. The van der Waals surface area contributed by atoms with Crippen LogP contribution in [-0.2, 0) is 16.1 Å². The van der Waals surface area contributed by atoms with E-state index < -0.39 is 6.16 Å². The summed E-state index contributed by atoms with van der Waals surface area (Å²) in [5.41, 5.74) is 1.28. The molecule has 0 saturated carbocycles. The molecule has 0 heterocycles.